The van der Waals surface area contributed by atoms with Gasteiger partial charge in [0.05, 0.1) is 13.2 Å². The lowest BCUT2D eigenvalue weighted by molar-refractivity contribution is 0.0390. The van der Waals surface area contributed by atoms with Crippen LogP contribution in [0.3, 0.4) is 0 Å². The van der Waals surface area contributed by atoms with E-state index >= 15 is 0 Å². The van der Waals surface area contributed by atoms with Gasteiger partial charge < -0.3 is 4.74 Å². The van der Waals surface area contributed by atoms with E-state index in [4.69, 9.17) is 4.74 Å². The van der Waals surface area contributed by atoms with Crippen molar-refractivity contribution in [2.75, 3.05) is 32.8 Å². The lowest BCUT2D eigenvalue weighted by Crippen LogP contribution is -2.36. The molecule has 2 heteroatoms. The van der Waals surface area contributed by atoms with E-state index in [0.717, 1.165) is 39.3 Å². The number of nitrogens with zero attached hydrogens (tertiary/aromatic N) is 1. The first-order valence-electron chi connectivity index (χ1n) is 10.6. The Morgan fingerprint density at radius 1 is 0.862 bits per heavy atom. The Bertz CT molecular complexity index is 1100. The van der Waals surface area contributed by atoms with Gasteiger partial charge in [0.25, 0.3) is 0 Å². The molecule has 0 unspecified atom stereocenters. The summed E-state index contributed by atoms with van der Waals surface area (Å²) in [4.78, 5) is 2.53. The molecule has 0 aromatic heterocycles. The maximum atomic E-state index is 5.50. The minimum absolute atomic E-state index is 0.862. The minimum atomic E-state index is 0.862. The van der Waals surface area contributed by atoms with Crippen LogP contribution in [0.15, 0.2) is 72.3 Å². The van der Waals surface area contributed by atoms with Crippen LogP contribution < -0.4 is 0 Å². The van der Waals surface area contributed by atoms with Crippen molar-refractivity contribution in [3.05, 3.63) is 89.0 Å². The summed E-state index contributed by atoms with van der Waals surface area (Å²) in [5.74, 6) is 0. The minimum Gasteiger partial charge on any atom is -0.379 e. The fourth-order valence-corrected chi connectivity index (χ4v) is 4.68. The summed E-state index contributed by atoms with van der Waals surface area (Å²) in [6.45, 7) is 7.22. The van der Waals surface area contributed by atoms with Gasteiger partial charge in [-0.15, -0.1) is 0 Å². The predicted molar refractivity (Wildman–Crippen MR) is 123 cm³/mol. The normalized spacial score (nSPS) is 18.6. The highest BCUT2D eigenvalue weighted by Gasteiger charge is 2.24. The molecule has 1 aliphatic heterocycles. The SMILES string of the molecule is CC1=C(CCN2CCOCC2)c2ccccc2/C1=C/c1cccc2ccccc12. The molecule has 0 N–H and O–H groups in total. The second kappa shape index (κ2) is 7.98. The van der Waals surface area contributed by atoms with Crippen LogP contribution in [0.4, 0.5) is 0 Å². The van der Waals surface area contributed by atoms with Crippen molar-refractivity contribution in [2.45, 2.75) is 13.3 Å². The molecule has 2 nitrogen and oxygen atoms in total. The summed E-state index contributed by atoms with van der Waals surface area (Å²) in [6.07, 6.45) is 3.48. The van der Waals surface area contributed by atoms with E-state index in [1.54, 1.807) is 0 Å². The number of hydrogen-bond acceptors (Lipinski definition) is 2. The van der Waals surface area contributed by atoms with E-state index in [1.165, 1.54) is 44.2 Å². The van der Waals surface area contributed by atoms with Gasteiger partial charge in [0.2, 0.25) is 0 Å². The van der Waals surface area contributed by atoms with Gasteiger partial charge in [0.1, 0.15) is 0 Å². The predicted octanol–water partition coefficient (Wildman–Crippen LogP) is 5.89. The Morgan fingerprint density at radius 2 is 1.59 bits per heavy atom. The van der Waals surface area contributed by atoms with Crippen LogP contribution in [-0.4, -0.2) is 37.7 Å². The molecule has 1 fully saturated rings. The summed E-state index contributed by atoms with van der Waals surface area (Å²) in [6, 6.07) is 24.1. The van der Waals surface area contributed by atoms with Gasteiger partial charge in [-0.1, -0.05) is 66.7 Å². The molecule has 3 aromatic carbocycles. The van der Waals surface area contributed by atoms with Gasteiger partial charge in [0.15, 0.2) is 0 Å². The number of hydrogen-bond donors (Lipinski definition) is 0. The molecular weight excluding hydrogens is 354 g/mol. The third-order valence-corrected chi connectivity index (χ3v) is 6.30. The fourth-order valence-electron chi connectivity index (χ4n) is 4.68. The van der Waals surface area contributed by atoms with Gasteiger partial charge >= 0.3 is 0 Å². The fraction of sp³-hybridized carbons (Fsp3) is 0.259. The van der Waals surface area contributed by atoms with Gasteiger partial charge in [-0.25, -0.2) is 0 Å². The van der Waals surface area contributed by atoms with Gasteiger partial charge in [-0.2, -0.15) is 0 Å². The zero-order valence-corrected chi connectivity index (χ0v) is 17.0. The first kappa shape index (κ1) is 18.4. The Balaban J connectivity index is 1.53. The number of morpholine rings is 1. The van der Waals surface area contributed by atoms with Gasteiger partial charge in [-0.3, -0.25) is 4.90 Å². The van der Waals surface area contributed by atoms with Crippen LogP contribution in [0.5, 0.6) is 0 Å². The van der Waals surface area contributed by atoms with E-state index < -0.39 is 0 Å². The number of rotatable bonds is 4. The number of ether oxygens (including phenoxy) is 1. The van der Waals surface area contributed by atoms with Crippen LogP contribution in [0.1, 0.15) is 30.0 Å². The van der Waals surface area contributed by atoms with Crippen LogP contribution in [0, 0.1) is 0 Å². The van der Waals surface area contributed by atoms with E-state index in [1.807, 2.05) is 0 Å². The highest BCUT2D eigenvalue weighted by Crippen LogP contribution is 2.43. The summed E-state index contributed by atoms with van der Waals surface area (Å²) < 4.78 is 5.50. The largest absolute Gasteiger partial charge is 0.379 e. The second-order valence-electron chi connectivity index (χ2n) is 7.98. The van der Waals surface area contributed by atoms with Crippen LogP contribution in [-0.2, 0) is 4.74 Å². The molecule has 5 rings (SSSR count). The molecule has 1 aliphatic carbocycles. The van der Waals surface area contributed by atoms with Crippen LogP contribution in [0.2, 0.25) is 0 Å². The van der Waals surface area contributed by atoms with Crippen molar-refractivity contribution in [1.29, 1.82) is 0 Å². The first-order chi connectivity index (χ1) is 14.3. The van der Waals surface area contributed by atoms with Crippen molar-refractivity contribution in [2.24, 2.45) is 0 Å². The molecule has 29 heavy (non-hydrogen) atoms. The molecule has 1 heterocycles. The number of allylic oxidation sites excluding steroid dienone is 2. The maximum absolute atomic E-state index is 5.50. The second-order valence-corrected chi connectivity index (χ2v) is 7.98. The van der Waals surface area contributed by atoms with Crippen molar-refractivity contribution in [3.63, 3.8) is 0 Å². The molecule has 146 valence electrons. The molecular formula is C27H27NO. The lowest BCUT2D eigenvalue weighted by Gasteiger charge is -2.26. The highest BCUT2D eigenvalue weighted by molar-refractivity contribution is 6.07. The average Bonchev–Trinajstić information content (AvgIpc) is 3.04. The Labute approximate surface area is 173 Å². The average molecular weight is 382 g/mol. The maximum Gasteiger partial charge on any atom is 0.0594 e. The number of benzene rings is 3. The quantitative estimate of drug-likeness (QED) is 0.559. The third kappa shape index (κ3) is 3.55. The smallest absolute Gasteiger partial charge is 0.0594 e. The lowest BCUT2D eigenvalue weighted by atomic mass is 9.97. The Morgan fingerprint density at radius 3 is 2.45 bits per heavy atom. The standard InChI is InChI=1S/C27H27NO/c1-20-23(13-14-28-15-17-29-18-16-28)25-11-4-5-12-26(25)27(20)19-22-9-6-8-21-7-2-3-10-24(21)22/h2-12,19H,13-18H2,1H3/b27-19+. The molecule has 1 saturated heterocycles. The summed E-state index contributed by atoms with van der Waals surface area (Å²) in [7, 11) is 0. The topological polar surface area (TPSA) is 12.5 Å². The molecule has 0 radical (unpaired) electrons. The van der Waals surface area contributed by atoms with Crippen LogP contribution >= 0.6 is 0 Å². The van der Waals surface area contributed by atoms with E-state index in [9.17, 15) is 0 Å². The third-order valence-electron chi connectivity index (χ3n) is 6.30. The molecule has 3 aromatic rings. The molecule has 0 saturated carbocycles. The van der Waals surface area contributed by atoms with Crippen molar-refractivity contribution >= 4 is 28.0 Å². The molecule has 2 aliphatic rings. The van der Waals surface area contributed by atoms with E-state index in [0.29, 0.717) is 0 Å². The molecule has 0 bridgehead atoms. The summed E-state index contributed by atoms with van der Waals surface area (Å²) >= 11 is 0. The van der Waals surface area contributed by atoms with Gasteiger partial charge in [-0.05, 0) is 63.6 Å². The molecule has 0 amide bonds. The number of fused-ring (bicyclic) bond motifs is 2. The molecule has 0 atom stereocenters. The zero-order chi connectivity index (χ0) is 19.6. The Hall–Kier alpha value is -2.68. The van der Waals surface area contributed by atoms with Crippen molar-refractivity contribution in [1.82, 2.24) is 4.90 Å². The van der Waals surface area contributed by atoms with Crippen molar-refractivity contribution in [3.8, 4) is 0 Å². The summed E-state index contributed by atoms with van der Waals surface area (Å²) in [5, 5.41) is 2.61. The van der Waals surface area contributed by atoms with Crippen LogP contribution in [0.25, 0.3) is 28.0 Å². The van der Waals surface area contributed by atoms with Gasteiger partial charge in [0, 0.05) is 19.6 Å². The van der Waals surface area contributed by atoms with Crippen molar-refractivity contribution < 1.29 is 4.74 Å². The monoisotopic (exact) mass is 381 g/mol. The first-order valence-corrected chi connectivity index (χ1v) is 10.6. The zero-order valence-electron chi connectivity index (χ0n) is 17.0. The summed E-state index contributed by atoms with van der Waals surface area (Å²) in [5.41, 5.74) is 8.36. The molecule has 0 spiro atoms. The highest BCUT2D eigenvalue weighted by atomic mass is 16.5. The Kier molecular flexibility index (Phi) is 5.05. The van der Waals surface area contributed by atoms with E-state index in [-0.39, 0.29) is 0 Å². The van der Waals surface area contributed by atoms with E-state index in [2.05, 4.69) is 84.6 Å².